The van der Waals surface area contributed by atoms with Gasteiger partial charge in [-0.2, -0.15) is 5.10 Å². The molecule has 3 nitrogen and oxygen atoms in total. The van der Waals surface area contributed by atoms with Crippen molar-refractivity contribution >= 4 is 5.69 Å². The summed E-state index contributed by atoms with van der Waals surface area (Å²) in [5.41, 5.74) is 12.0. The van der Waals surface area contributed by atoms with Crippen LogP contribution >= 0.6 is 0 Å². The molecule has 1 aromatic heterocycles. The number of aromatic amines is 1. The highest BCUT2D eigenvalue weighted by Crippen LogP contribution is 2.28. The maximum absolute atomic E-state index is 5.95. The molecule has 0 fully saturated rings. The van der Waals surface area contributed by atoms with E-state index in [9.17, 15) is 0 Å². The number of rotatable bonds is 1. The monoisotopic (exact) mass is 201 g/mol. The summed E-state index contributed by atoms with van der Waals surface area (Å²) < 4.78 is 0. The van der Waals surface area contributed by atoms with Crippen LogP contribution in [0.5, 0.6) is 0 Å². The Morgan fingerprint density at radius 2 is 1.93 bits per heavy atom. The van der Waals surface area contributed by atoms with E-state index in [0.717, 1.165) is 22.6 Å². The first-order valence-corrected chi connectivity index (χ1v) is 4.97. The lowest BCUT2D eigenvalue weighted by Crippen LogP contribution is -1.91. The summed E-state index contributed by atoms with van der Waals surface area (Å²) in [6.07, 6.45) is 0. The highest BCUT2D eigenvalue weighted by Gasteiger charge is 2.10. The van der Waals surface area contributed by atoms with E-state index in [1.807, 2.05) is 6.92 Å². The van der Waals surface area contributed by atoms with Crippen molar-refractivity contribution in [2.75, 3.05) is 5.73 Å². The predicted molar refractivity (Wildman–Crippen MR) is 62.6 cm³/mol. The molecule has 3 heteroatoms. The molecule has 0 saturated heterocycles. The van der Waals surface area contributed by atoms with Crippen molar-refractivity contribution in [1.82, 2.24) is 10.2 Å². The molecule has 15 heavy (non-hydrogen) atoms. The van der Waals surface area contributed by atoms with E-state index in [1.54, 1.807) is 0 Å². The van der Waals surface area contributed by atoms with E-state index in [0.29, 0.717) is 0 Å². The van der Waals surface area contributed by atoms with Crippen molar-refractivity contribution in [3.63, 3.8) is 0 Å². The van der Waals surface area contributed by atoms with Gasteiger partial charge in [-0.1, -0.05) is 23.8 Å². The second-order valence-electron chi connectivity index (χ2n) is 3.93. The van der Waals surface area contributed by atoms with Crippen molar-refractivity contribution in [3.05, 3.63) is 35.0 Å². The lowest BCUT2D eigenvalue weighted by Gasteiger charge is -2.04. The molecule has 3 N–H and O–H groups in total. The first-order chi connectivity index (χ1) is 7.09. The smallest absolute Gasteiger partial charge is 0.116 e. The van der Waals surface area contributed by atoms with E-state index < -0.39 is 0 Å². The summed E-state index contributed by atoms with van der Waals surface area (Å²) in [6, 6.07) is 6.28. The van der Waals surface area contributed by atoms with Crippen LogP contribution in [-0.4, -0.2) is 10.2 Å². The maximum Gasteiger partial charge on any atom is 0.116 e. The summed E-state index contributed by atoms with van der Waals surface area (Å²) >= 11 is 0. The van der Waals surface area contributed by atoms with Gasteiger partial charge in [-0.3, -0.25) is 5.10 Å². The Bertz CT molecular complexity index is 498. The molecule has 0 radical (unpaired) electrons. The van der Waals surface area contributed by atoms with E-state index in [4.69, 9.17) is 5.73 Å². The van der Waals surface area contributed by atoms with Gasteiger partial charge < -0.3 is 5.73 Å². The van der Waals surface area contributed by atoms with E-state index in [1.165, 1.54) is 11.1 Å². The predicted octanol–water partition coefficient (Wildman–Crippen LogP) is 2.58. The van der Waals surface area contributed by atoms with Gasteiger partial charge in [0, 0.05) is 5.56 Å². The average molecular weight is 201 g/mol. The van der Waals surface area contributed by atoms with Crippen molar-refractivity contribution in [1.29, 1.82) is 0 Å². The molecule has 0 saturated carbocycles. The fourth-order valence-corrected chi connectivity index (χ4v) is 1.72. The van der Waals surface area contributed by atoms with Crippen molar-refractivity contribution in [2.45, 2.75) is 20.8 Å². The molecule has 0 bridgehead atoms. The third kappa shape index (κ3) is 1.61. The zero-order valence-corrected chi connectivity index (χ0v) is 9.26. The highest BCUT2D eigenvalue weighted by atomic mass is 15.1. The average Bonchev–Trinajstić information content (AvgIpc) is 2.49. The molecule has 0 atom stereocenters. The maximum atomic E-state index is 5.95. The van der Waals surface area contributed by atoms with Crippen LogP contribution < -0.4 is 5.73 Å². The van der Waals surface area contributed by atoms with Crippen molar-refractivity contribution in [2.24, 2.45) is 0 Å². The summed E-state index contributed by atoms with van der Waals surface area (Å²) in [7, 11) is 0. The largest absolute Gasteiger partial charge is 0.395 e. The summed E-state index contributed by atoms with van der Waals surface area (Å²) in [4.78, 5) is 0. The number of anilines is 1. The van der Waals surface area contributed by atoms with Gasteiger partial charge in [-0.05, 0) is 26.3 Å². The number of aromatic nitrogens is 2. The van der Waals surface area contributed by atoms with Crippen LogP contribution in [0.4, 0.5) is 5.69 Å². The number of hydrogen-bond acceptors (Lipinski definition) is 2. The minimum atomic E-state index is 0.738. The molecule has 78 valence electrons. The summed E-state index contributed by atoms with van der Waals surface area (Å²) in [5, 5.41) is 7.13. The molecule has 1 aromatic carbocycles. The number of nitrogens with one attached hydrogen (secondary N) is 1. The van der Waals surface area contributed by atoms with Crippen molar-refractivity contribution in [3.8, 4) is 11.3 Å². The molecule has 0 unspecified atom stereocenters. The van der Waals surface area contributed by atoms with Gasteiger partial charge in [0.2, 0.25) is 0 Å². The fourth-order valence-electron chi connectivity index (χ4n) is 1.72. The SMILES string of the molecule is Cc1ccc(-c2n[nH]c(C)c2N)c(C)c1. The second kappa shape index (κ2) is 3.42. The molecular formula is C12H15N3. The lowest BCUT2D eigenvalue weighted by atomic mass is 10.0. The first kappa shape index (κ1) is 9.77. The standard InChI is InChI=1S/C12H15N3/c1-7-4-5-10(8(2)6-7)12-11(13)9(3)14-15-12/h4-6H,13H2,1-3H3,(H,14,15). The molecule has 1 heterocycles. The molecule has 0 aliphatic rings. The minimum Gasteiger partial charge on any atom is -0.395 e. The summed E-state index contributed by atoms with van der Waals surface area (Å²) in [5.74, 6) is 0. The molecule has 0 aliphatic heterocycles. The van der Waals surface area contributed by atoms with Gasteiger partial charge in [0.1, 0.15) is 5.69 Å². The van der Waals surface area contributed by atoms with Gasteiger partial charge in [-0.25, -0.2) is 0 Å². The van der Waals surface area contributed by atoms with Crippen LogP contribution in [0, 0.1) is 20.8 Å². The number of hydrogen-bond donors (Lipinski definition) is 2. The molecular weight excluding hydrogens is 186 g/mol. The Labute approximate surface area is 89.3 Å². The Hall–Kier alpha value is -1.77. The third-order valence-corrected chi connectivity index (χ3v) is 2.63. The van der Waals surface area contributed by atoms with Crippen LogP contribution in [-0.2, 0) is 0 Å². The van der Waals surface area contributed by atoms with Crippen molar-refractivity contribution < 1.29 is 0 Å². The normalized spacial score (nSPS) is 10.6. The molecule has 2 aromatic rings. The number of benzene rings is 1. The molecule has 0 spiro atoms. The number of H-pyrrole nitrogens is 1. The van der Waals surface area contributed by atoms with Gasteiger partial charge in [0.15, 0.2) is 0 Å². The Kier molecular flexibility index (Phi) is 2.23. The Morgan fingerprint density at radius 1 is 1.20 bits per heavy atom. The molecule has 0 amide bonds. The number of aryl methyl sites for hydroxylation is 3. The van der Waals surface area contributed by atoms with Crippen LogP contribution in [0.15, 0.2) is 18.2 Å². The number of nitrogen functional groups attached to an aromatic ring is 1. The Balaban J connectivity index is 2.59. The zero-order valence-electron chi connectivity index (χ0n) is 9.26. The van der Waals surface area contributed by atoms with Crippen LogP contribution in [0.2, 0.25) is 0 Å². The zero-order chi connectivity index (χ0) is 11.0. The van der Waals surface area contributed by atoms with Gasteiger partial charge in [-0.15, -0.1) is 0 Å². The number of nitrogens with two attached hydrogens (primary N) is 1. The summed E-state index contributed by atoms with van der Waals surface area (Å²) in [6.45, 7) is 6.08. The quantitative estimate of drug-likeness (QED) is 0.745. The first-order valence-electron chi connectivity index (χ1n) is 4.97. The second-order valence-corrected chi connectivity index (χ2v) is 3.93. The lowest BCUT2D eigenvalue weighted by molar-refractivity contribution is 1.05. The third-order valence-electron chi connectivity index (χ3n) is 2.63. The van der Waals surface area contributed by atoms with E-state index in [2.05, 4.69) is 42.2 Å². The van der Waals surface area contributed by atoms with Gasteiger partial charge >= 0.3 is 0 Å². The van der Waals surface area contributed by atoms with Gasteiger partial charge in [0.25, 0.3) is 0 Å². The topological polar surface area (TPSA) is 54.7 Å². The molecule has 0 aliphatic carbocycles. The minimum absolute atomic E-state index is 0.738. The fraction of sp³-hybridized carbons (Fsp3) is 0.250. The number of nitrogens with zero attached hydrogens (tertiary/aromatic N) is 1. The van der Waals surface area contributed by atoms with E-state index >= 15 is 0 Å². The van der Waals surface area contributed by atoms with Crippen LogP contribution in [0.1, 0.15) is 16.8 Å². The molecule has 2 rings (SSSR count). The van der Waals surface area contributed by atoms with Gasteiger partial charge in [0.05, 0.1) is 11.4 Å². The van der Waals surface area contributed by atoms with Crippen LogP contribution in [0.3, 0.4) is 0 Å². The van der Waals surface area contributed by atoms with E-state index in [-0.39, 0.29) is 0 Å². The van der Waals surface area contributed by atoms with Crippen LogP contribution in [0.25, 0.3) is 11.3 Å². The Morgan fingerprint density at radius 3 is 2.47 bits per heavy atom. The highest BCUT2D eigenvalue weighted by molar-refractivity contribution is 5.76.